The van der Waals surface area contributed by atoms with Gasteiger partial charge in [-0.15, -0.1) is 28.7 Å². The Kier molecular flexibility index (Phi) is 4.86. The first-order valence-electron chi connectivity index (χ1n) is 6.13. The van der Waals surface area contributed by atoms with Crippen LogP contribution in [0.3, 0.4) is 0 Å². The van der Waals surface area contributed by atoms with Gasteiger partial charge in [0, 0.05) is 4.90 Å². The van der Waals surface area contributed by atoms with Crippen LogP contribution in [0.5, 0.6) is 0 Å². The van der Waals surface area contributed by atoms with Gasteiger partial charge in [0.2, 0.25) is 5.91 Å². The second-order valence-corrected chi connectivity index (χ2v) is 5.64. The number of hydrogen-bond acceptors (Lipinski definition) is 3. The van der Waals surface area contributed by atoms with Crippen LogP contribution in [0.4, 0.5) is 5.69 Å². The maximum absolute atomic E-state index is 12.1. The van der Waals surface area contributed by atoms with E-state index in [-0.39, 0.29) is 28.1 Å². The minimum Gasteiger partial charge on any atom is -0.324 e. The van der Waals surface area contributed by atoms with E-state index in [2.05, 4.69) is 5.32 Å². The molecular weight excluding hydrogens is 336 g/mol. The second-order valence-electron chi connectivity index (χ2n) is 4.46. The molecule has 0 saturated carbocycles. The molecule has 5 heteroatoms. The van der Waals surface area contributed by atoms with E-state index in [1.54, 1.807) is 11.8 Å². The van der Waals surface area contributed by atoms with Crippen molar-refractivity contribution >= 4 is 40.3 Å². The van der Waals surface area contributed by atoms with Crippen molar-refractivity contribution in [2.45, 2.75) is 16.2 Å². The zero-order valence-corrected chi connectivity index (χ0v) is 13.2. The molecule has 2 aromatic carbocycles. The van der Waals surface area contributed by atoms with Crippen molar-refractivity contribution in [1.82, 2.24) is 0 Å². The van der Waals surface area contributed by atoms with Crippen molar-refractivity contribution in [1.29, 1.82) is 0 Å². The lowest BCUT2D eigenvalue weighted by molar-refractivity contribution is -0.117. The summed E-state index contributed by atoms with van der Waals surface area (Å²) in [4.78, 5) is 13.2. The molecule has 20 heavy (non-hydrogen) atoms. The molecule has 0 bridgehead atoms. The Balaban J connectivity index is 0.00000147. The fraction of sp³-hybridized carbons (Fsp3) is 0.133. The summed E-state index contributed by atoms with van der Waals surface area (Å²) in [6, 6.07) is 17.2. The maximum atomic E-state index is 12.1. The zero-order valence-electron chi connectivity index (χ0n) is 10.7. The summed E-state index contributed by atoms with van der Waals surface area (Å²) in [5.74, 6) is -0.133. The largest absolute Gasteiger partial charge is 0.324 e. The molecule has 3 rings (SSSR count). The zero-order chi connectivity index (χ0) is 13.2. The van der Waals surface area contributed by atoms with Crippen molar-refractivity contribution in [2.24, 2.45) is 5.73 Å². The number of rotatable bonds is 1. The summed E-state index contributed by atoms with van der Waals surface area (Å²) >= 11 is 1.63. The first-order valence-corrected chi connectivity index (χ1v) is 7.01. The summed E-state index contributed by atoms with van der Waals surface area (Å²) in [5, 5.41) is 2.82. The number of para-hydroxylation sites is 1. The SMILES string of the molecule is Br.NC1C(=O)Nc2ccccc2SC1c1ccccc1. The molecule has 0 aliphatic carbocycles. The third kappa shape index (κ3) is 2.90. The molecule has 1 heterocycles. The van der Waals surface area contributed by atoms with Gasteiger partial charge < -0.3 is 11.1 Å². The van der Waals surface area contributed by atoms with Crippen LogP contribution in [0.25, 0.3) is 0 Å². The van der Waals surface area contributed by atoms with E-state index in [9.17, 15) is 4.79 Å². The first-order chi connectivity index (χ1) is 9.25. The van der Waals surface area contributed by atoms with E-state index >= 15 is 0 Å². The summed E-state index contributed by atoms with van der Waals surface area (Å²) < 4.78 is 0. The van der Waals surface area contributed by atoms with Gasteiger partial charge in [0.1, 0.15) is 6.04 Å². The van der Waals surface area contributed by atoms with Crippen LogP contribution < -0.4 is 11.1 Å². The van der Waals surface area contributed by atoms with Crippen molar-refractivity contribution in [3.63, 3.8) is 0 Å². The van der Waals surface area contributed by atoms with E-state index in [1.807, 2.05) is 54.6 Å². The molecule has 104 valence electrons. The topological polar surface area (TPSA) is 55.1 Å². The smallest absolute Gasteiger partial charge is 0.242 e. The Bertz CT molecular complexity index is 606. The number of benzene rings is 2. The Morgan fingerprint density at radius 3 is 2.40 bits per heavy atom. The summed E-state index contributed by atoms with van der Waals surface area (Å²) in [6.07, 6.45) is 0. The molecule has 2 atom stereocenters. The van der Waals surface area contributed by atoms with E-state index < -0.39 is 6.04 Å². The number of hydrogen-bond donors (Lipinski definition) is 2. The lowest BCUT2D eigenvalue weighted by Gasteiger charge is -2.19. The highest BCUT2D eigenvalue weighted by atomic mass is 79.9. The minimum absolute atomic E-state index is 0. The molecule has 0 fully saturated rings. The Morgan fingerprint density at radius 2 is 1.65 bits per heavy atom. The predicted octanol–water partition coefficient (Wildman–Crippen LogP) is 3.38. The van der Waals surface area contributed by atoms with Gasteiger partial charge in [-0.2, -0.15) is 0 Å². The average Bonchev–Trinajstić information content (AvgIpc) is 2.58. The standard InChI is InChI=1S/C15H14N2OS.BrH/c16-13-14(10-6-2-1-3-7-10)19-12-9-5-4-8-11(12)17-15(13)18;/h1-9,13-14H,16H2,(H,17,18);1H. The number of anilines is 1. The van der Waals surface area contributed by atoms with E-state index in [0.717, 1.165) is 16.1 Å². The third-order valence-corrected chi connectivity index (χ3v) is 4.59. The van der Waals surface area contributed by atoms with Gasteiger partial charge in [0.25, 0.3) is 0 Å². The molecule has 0 radical (unpaired) electrons. The molecule has 2 aromatic rings. The Labute approximate surface area is 132 Å². The number of halogens is 1. The Hall–Kier alpha value is -1.30. The van der Waals surface area contributed by atoms with Crippen molar-refractivity contribution in [3.8, 4) is 0 Å². The highest BCUT2D eigenvalue weighted by Gasteiger charge is 2.31. The maximum Gasteiger partial charge on any atom is 0.242 e. The summed E-state index contributed by atoms with van der Waals surface area (Å²) in [6.45, 7) is 0. The highest BCUT2D eigenvalue weighted by Crippen LogP contribution is 2.42. The minimum atomic E-state index is -0.556. The van der Waals surface area contributed by atoms with E-state index in [1.165, 1.54) is 0 Å². The highest BCUT2D eigenvalue weighted by molar-refractivity contribution is 8.93. The lowest BCUT2D eigenvalue weighted by atomic mass is 10.1. The van der Waals surface area contributed by atoms with E-state index in [4.69, 9.17) is 5.73 Å². The van der Waals surface area contributed by atoms with Gasteiger partial charge >= 0.3 is 0 Å². The van der Waals surface area contributed by atoms with Crippen LogP contribution >= 0.6 is 28.7 Å². The fourth-order valence-corrected chi connectivity index (χ4v) is 3.39. The van der Waals surface area contributed by atoms with Gasteiger partial charge in [-0.3, -0.25) is 4.79 Å². The number of carbonyl (C=O) groups is 1. The molecule has 3 N–H and O–H groups in total. The fourth-order valence-electron chi connectivity index (χ4n) is 2.15. The normalized spacial score (nSPS) is 21.1. The second kappa shape index (κ2) is 6.43. The number of fused-ring (bicyclic) bond motifs is 1. The molecular formula is C15H15BrN2OS. The monoisotopic (exact) mass is 350 g/mol. The molecule has 3 nitrogen and oxygen atoms in total. The summed E-state index contributed by atoms with van der Waals surface area (Å²) in [7, 11) is 0. The number of amides is 1. The average molecular weight is 351 g/mol. The van der Waals surface area contributed by atoms with Crippen LogP contribution in [0.15, 0.2) is 59.5 Å². The molecule has 2 unspecified atom stereocenters. The third-order valence-electron chi connectivity index (χ3n) is 3.16. The van der Waals surface area contributed by atoms with Crippen molar-refractivity contribution in [3.05, 3.63) is 60.2 Å². The van der Waals surface area contributed by atoms with Crippen molar-refractivity contribution in [2.75, 3.05) is 5.32 Å². The lowest BCUT2D eigenvalue weighted by Crippen LogP contribution is -2.38. The first kappa shape index (κ1) is 15.1. The number of nitrogens with two attached hydrogens (primary N) is 1. The van der Waals surface area contributed by atoms with Crippen LogP contribution in [-0.2, 0) is 4.79 Å². The number of thioether (sulfide) groups is 1. The molecule has 1 aliphatic heterocycles. The number of carbonyl (C=O) groups excluding carboxylic acids is 1. The Morgan fingerprint density at radius 1 is 1.00 bits per heavy atom. The van der Waals surface area contributed by atoms with Crippen LogP contribution in [0.1, 0.15) is 10.8 Å². The number of nitrogens with one attached hydrogen (secondary N) is 1. The van der Waals surface area contributed by atoms with Crippen LogP contribution in [0.2, 0.25) is 0 Å². The molecule has 0 saturated heterocycles. The summed E-state index contributed by atoms with van der Waals surface area (Å²) in [5.41, 5.74) is 8.02. The molecule has 0 spiro atoms. The van der Waals surface area contributed by atoms with Gasteiger partial charge in [-0.1, -0.05) is 42.5 Å². The van der Waals surface area contributed by atoms with Crippen LogP contribution in [-0.4, -0.2) is 11.9 Å². The van der Waals surface area contributed by atoms with E-state index in [0.29, 0.717) is 0 Å². The molecule has 0 aromatic heterocycles. The quantitative estimate of drug-likeness (QED) is 0.828. The van der Waals surface area contributed by atoms with Gasteiger partial charge in [-0.25, -0.2) is 0 Å². The van der Waals surface area contributed by atoms with Crippen LogP contribution in [0, 0.1) is 0 Å². The van der Waals surface area contributed by atoms with Gasteiger partial charge in [-0.05, 0) is 17.7 Å². The molecule has 1 aliphatic rings. The van der Waals surface area contributed by atoms with Crippen molar-refractivity contribution < 1.29 is 4.79 Å². The van der Waals surface area contributed by atoms with Gasteiger partial charge in [0.05, 0.1) is 10.9 Å². The molecule has 1 amide bonds. The van der Waals surface area contributed by atoms with Gasteiger partial charge in [0.15, 0.2) is 0 Å². The predicted molar refractivity (Wildman–Crippen MR) is 88.4 cm³/mol.